The van der Waals surface area contributed by atoms with E-state index in [9.17, 15) is 22.8 Å². The second-order valence-corrected chi connectivity index (χ2v) is 11.8. The van der Waals surface area contributed by atoms with Gasteiger partial charge in [-0.1, -0.05) is 51.1 Å². The van der Waals surface area contributed by atoms with Gasteiger partial charge in [0.15, 0.2) is 5.79 Å². The van der Waals surface area contributed by atoms with E-state index in [4.69, 9.17) is 23.7 Å². The van der Waals surface area contributed by atoms with E-state index in [1.807, 2.05) is 0 Å². The molecule has 2 fully saturated rings. The fraction of sp³-hybridized carbons (Fsp3) is 0.742. The first-order valence-electron chi connectivity index (χ1n) is 14.6. The van der Waals surface area contributed by atoms with Crippen LogP contribution in [0.25, 0.3) is 0 Å². The normalized spacial score (nSPS) is 29.8. The number of carbonyl (C=O) groups excluding carboxylic acids is 2. The average molecular weight is 587 g/mol. The van der Waals surface area contributed by atoms with Crippen LogP contribution >= 0.6 is 0 Å². The zero-order chi connectivity index (χ0) is 30.4. The van der Waals surface area contributed by atoms with Crippen LogP contribution in [0.5, 0.6) is 0 Å². The molecule has 41 heavy (non-hydrogen) atoms. The first kappa shape index (κ1) is 33.3. The minimum absolute atomic E-state index is 0.0649. The third-order valence-electron chi connectivity index (χ3n) is 8.81. The van der Waals surface area contributed by atoms with E-state index in [2.05, 4.69) is 20.8 Å². The summed E-state index contributed by atoms with van der Waals surface area (Å²) in [6.07, 6.45) is -0.969. The maximum Gasteiger partial charge on any atom is 0.432 e. The van der Waals surface area contributed by atoms with E-state index in [0.717, 1.165) is 32.8 Å². The van der Waals surface area contributed by atoms with Crippen LogP contribution in [0.3, 0.4) is 0 Å². The molecule has 0 aliphatic carbocycles. The Morgan fingerprint density at radius 1 is 1.00 bits per heavy atom. The van der Waals surface area contributed by atoms with Crippen molar-refractivity contribution in [1.82, 2.24) is 0 Å². The first-order chi connectivity index (χ1) is 19.3. The molecular weight excluding hydrogens is 541 g/mol. The van der Waals surface area contributed by atoms with E-state index in [1.165, 1.54) is 31.4 Å². The molecule has 0 aromatic heterocycles. The standard InChI is InChI=1S/C31H45F3O7/c1-20-16-18-29(19-17-22(3)27(41-29)21(2)12-15-26(35)37-5)40-25(20)14-13-23(4)39-28(36)30(38-6,31(32,33)34)24-10-8-7-9-11-24/h7-11,20-23,25,27H,12-19H2,1-6H3/t20-,21-,22+,23+,25+,27+,29-,30-/m1/s1. The topological polar surface area (TPSA) is 80.3 Å². The van der Waals surface area contributed by atoms with Crippen molar-refractivity contribution in [2.45, 2.75) is 115 Å². The molecule has 2 heterocycles. The van der Waals surface area contributed by atoms with Gasteiger partial charge in [0.2, 0.25) is 0 Å². The second-order valence-electron chi connectivity index (χ2n) is 11.8. The number of halogens is 3. The van der Waals surface area contributed by atoms with Gasteiger partial charge in [-0.05, 0) is 56.8 Å². The molecule has 2 aliphatic rings. The Hall–Kier alpha value is -2.17. The number of alkyl halides is 3. The summed E-state index contributed by atoms with van der Waals surface area (Å²) < 4.78 is 70.9. The van der Waals surface area contributed by atoms with Gasteiger partial charge in [-0.2, -0.15) is 13.2 Å². The molecule has 232 valence electrons. The highest BCUT2D eigenvalue weighted by atomic mass is 19.4. The highest BCUT2D eigenvalue weighted by Crippen LogP contribution is 2.46. The third kappa shape index (κ3) is 7.62. The molecule has 8 atom stereocenters. The van der Waals surface area contributed by atoms with Gasteiger partial charge in [0.25, 0.3) is 5.60 Å². The Bertz CT molecular complexity index is 999. The molecule has 0 bridgehead atoms. The van der Waals surface area contributed by atoms with Crippen molar-refractivity contribution in [3.8, 4) is 0 Å². The van der Waals surface area contributed by atoms with E-state index in [1.54, 1.807) is 13.0 Å². The van der Waals surface area contributed by atoms with Gasteiger partial charge in [0.1, 0.15) is 0 Å². The number of hydrogen-bond acceptors (Lipinski definition) is 7. The summed E-state index contributed by atoms with van der Waals surface area (Å²) in [6, 6.07) is 6.81. The van der Waals surface area contributed by atoms with Crippen LogP contribution in [0.2, 0.25) is 0 Å². The van der Waals surface area contributed by atoms with Crippen molar-refractivity contribution in [2.75, 3.05) is 14.2 Å². The molecule has 2 saturated heterocycles. The summed E-state index contributed by atoms with van der Waals surface area (Å²) in [4.78, 5) is 24.7. The van der Waals surface area contributed by atoms with Crippen molar-refractivity contribution >= 4 is 11.9 Å². The van der Waals surface area contributed by atoms with Gasteiger partial charge in [-0.25, -0.2) is 4.79 Å². The number of hydrogen-bond donors (Lipinski definition) is 0. The SMILES string of the molecule is COC(=O)CC[C@@H](C)[C@@H]1O[C@]2(CC[C@@H](C)[C@H](CC[C@H](C)OC(=O)[C@](OC)(c3ccccc3)C(F)(F)F)O2)CC[C@@H]1C. The molecular formula is C31H45F3O7. The van der Waals surface area contributed by atoms with Crippen molar-refractivity contribution in [3.05, 3.63) is 35.9 Å². The molecule has 10 heteroatoms. The number of esters is 2. The van der Waals surface area contributed by atoms with Crippen molar-refractivity contribution < 1.29 is 46.4 Å². The Morgan fingerprint density at radius 2 is 1.63 bits per heavy atom. The van der Waals surface area contributed by atoms with Gasteiger partial charge in [0, 0.05) is 31.9 Å². The van der Waals surface area contributed by atoms with E-state index >= 15 is 0 Å². The average Bonchev–Trinajstić information content (AvgIpc) is 2.94. The molecule has 0 amide bonds. The maximum atomic E-state index is 14.2. The van der Waals surface area contributed by atoms with Crippen molar-refractivity contribution in [3.63, 3.8) is 0 Å². The number of ether oxygens (including phenoxy) is 5. The lowest BCUT2D eigenvalue weighted by atomic mass is 9.80. The zero-order valence-electron chi connectivity index (χ0n) is 25.0. The Balaban J connectivity index is 1.64. The maximum absolute atomic E-state index is 14.2. The smallest absolute Gasteiger partial charge is 0.432 e. The van der Waals surface area contributed by atoms with Crippen LogP contribution in [0.15, 0.2) is 30.3 Å². The molecule has 0 saturated carbocycles. The van der Waals surface area contributed by atoms with Crippen LogP contribution in [0.1, 0.15) is 84.6 Å². The van der Waals surface area contributed by atoms with E-state index in [0.29, 0.717) is 31.6 Å². The van der Waals surface area contributed by atoms with Crippen LogP contribution in [0.4, 0.5) is 13.2 Å². The van der Waals surface area contributed by atoms with Crippen molar-refractivity contribution in [1.29, 1.82) is 0 Å². The minimum Gasteiger partial charge on any atom is -0.469 e. The number of methoxy groups -OCH3 is 2. The van der Waals surface area contributed by atoms with E-state index < -0.39 is 29.6 Å². The lowest BCUT2D eigenvalue weighted by Crippen LogP contribution is -2.53. The number of benzene rings is 1. The Kier molecular flexibility index (Phi) is 11.3. The Labute approximate surface area is 241 Å². The van der Waals surface area contributed by atoms with Gasteiger partial charge in [-0.3, -0.25) is 4.79 Å². The summed E-state index contributed by atoms with van der Waals surface area (Å²) in [6.45, 7) is 7.91. The van der Waals surface area contributed by atoms with Crippen LogP contribution < -0.4 is 0 Å². The molecule has 1 aromatic carbocycles. The summed E-state index contributed by atoms with van der Waals surface area (Å²) in [5.74, 6) is -1.81. The Morgan fingerprint density at radius 3 is 2.22 bits per heavy atom. The molecule has 1 aromatic rings. The van der Waals surface area contributed by atoms with Gasteiger partial charge < -0.3 is 23.7 Å². The molecule has 7 nitrogen and oxygen atoms in total. The molecule has 0 N–H and O–H groups in total. The number of carbonyl (C=O) groups is 2. The minimum atomic E-state index is -5.02. The largest absolute Gasteiger partial charge is 0.469 e. The monoisotopic (exact) mass is 586 g/mol. The van der Waals surface area contributed by atoms with Crippen molar-refractivity contribution in [2.24, 2.45) is 17.8 Å². The molecule has 1 spiro atoms. The highest BCUT2D eigenvalue weighted by molar-refractivity contribution is 5.82. The van der Waals surface area contributed by atoms with Crippen LogP contribution in [-0.4, -0.2) is 56.4 Å². The first-order valence-corrected chi connectivity index (χ1v) is 14.6. The molecule has 0 unspecified atom stereocenters. The molecule has 3 rings (SSSR count). The molecule has 0 radical (unpaired) electrons. The highest BCUT2D eigenvalue weighted by Gasteiger charge is 2.64. The van der Waals surface area contributed by atoms with Crippen LogP contribution in [-0.2, 0) is 38.9 Å². The quantitative estimate of drug-likeness (QED) is 0.266. The van der Waals surface area contributed by atoms with E-state index in [-0.39, 0.29) is 35.6 Å². The fourth-order valence-electron chi connectivity index (χ4n) is 6.13. The zero-order valence-corrected chi connectivity index (χ0v) is 25.0. The van der Waals surface area contributed by atoms with Gasteiger partial charge in [0.05, 0.1) is 25.4 Å². The van der Waals surface area contributed by atoms with Gasteiger partial charge in [-0.15, -0.1) is 0 Å². The summed E-state index contributed by atoms with van der Waals surface area (Å²) in [7, 11) is 2.24. The lowest BCUT2D eigenvalue weighted by molar-refractivity contribution is -0.338. The second kappa shape index (κ2) is 13.9. The summed E-state index contributed by atoms with van der Waals surface area (Å²) in [5.41, 5.74) is -3.55. The predicted octanol–water partition coefficient (Wildman–Crippen LogP) is 6.72. The third-order valence-corrected chi connectivity index (χ3v) is 8.81. The number of rotatable bonds is 11. The van der Waals surface area contributed by atoms with Crippen LogP contribution in [0, 0.1) is 17.8 Å². The predicted molar refractivity (Wildman–Crippen MR) is 146 cm³/mol. The fourth-order valence-corrected chi connectivity index (χ4v) is 6.13. The van der Waals surface area contributed by atoms with Gasteiger partial charge >= 0.3 is 18.1 Å². The molecule has 2 aliphatic heterocycles. The lowest BCUT2D eigenvalue weighted by Gasteiger charge is -2.51. The summed E-state index contributed by atoms with van der Waals surface area (Å²) in [5, 5.41) is 0. The summed E-state index contributed by atoms with van der Waals surface area (Å²) >= 11 is 0.